The zero-order valence-electron chi connectivity index (χ0n) is 11.0. The van der Waals surface area contributed by atoms with Gasteiger partial charge in [-0.25, -0.2) is 4.98 Å². The van der Waals surface area contributed by atoms with Crippen molar-refractivity contribution in [3.05, 3.63) is 51.9 Å². The number of hydrogen-bond donors (Lipinski definition) is 1. The maximum Gasteiger partial charge on any atom is 0.106 e. The maximum atomic E-state index is 6.24. The second-order valence-corrected chi connectivity index (χ2v) is 6.49. The van der Waals surface area contributed by atoms with Crippen molar-refractivity contribution in [3.63, 3.8) is 0 Å². The van der Waals surface area contributed by atoms with Crippen molar-refractivity contribution in [2.45, 2.75) is 6.54 Å². The largest absolute Gasteiger partial charge is 0.395 e. The zero-order chi connectivity index (χ0) is 14.1. The van der Waals surface area contributed by atoms with Crippen LogP contribution in [0.2, 0.25) is 0 Å². The number of nitrogens with zero attached hydrogens (tertiary/aromatic N) is 2. The van der Waals surface area contributed by atoms with E-state index in [9.17, 15) is 0 Å². The molecule has 0 radical (unpaired) electrons. The van der Waals surface area contributed by atoms with Crippen LogP contribution in [0.5, 0.6) is 0 Å². The van der Waals surface area contributed by atoms with Gasteiger partial charge in [-0.05, 0) is 29.8 Å². The Morgan fingerprint density at radius 1 is 1.30 bits per heavy atom. The Morgan fingerprint density at radius 2 is 2.15 bits per heavy atom. The molecule has 0 aliphatic carbocycles. The summed E-state index contributed by atoms with van der Waals surface area (Å²) in [7, 11) is 2.05. The summed E-state index contributed by atoms with van der Waals surface area (Å²) in [6, 6.07) is 12.4. The molecule has 0 aliphatic heterocycles. The second kappa shape index (κ2) is 5.42. The minimum absolute atomic E-state index is 0.751. The first-order chi connectivity index (χ1) is 9.65. The Kier molecular flexibility index (Phi) is 3.63. The van der Waals surface area contributed by atoms with Gasteiger partial charge in [-0.1, -0.05) is 28.1 Å². The van der Waals surface area contributed by atoms with Crippen LogP contribution in [0.3, 0.4) is 0 Å². The molecular formula is C15H14BrN3S. The Balaban J connectivity index is 1.92. The van der Waals surface area contributed by atoms with E-state index in [4.69, 9.17) is 5.73 Å². The predicted octanol–water partition coefficient (Wildman–Crippen LogP) is 4.28. The molecule has 20 heavy (non-hydrogen) atoms. The fourth-order valence-electron chi connectivity index (χ4n) is 2.27. The van der Waals surface area contributed by atoms with E-state index in [2.05, 4.69) is 50.1 Å². The monoisotopic (exact) mass is 347 g/mol. The van der Waals surface area contributed by atoms with Gasteiger partial charge < -0.3 is 10.6 Å². The van der Waals surface area contributed by atoms with Gasteiger partial charge in [0.2, 0.25) is 0 Å². The summed E-state index contributed by atoms with van der Waals surface area (Å²) in [5.74, 6) is 0. The summed E-state index contributed by atoms with van der Waals surface area (Å²) in [5.41, 5.74) is 12.0. The summed E-state index contributed by atoms with van der Waals surface area (Å²) in [4.78, 5) is 6.49. The van der Waals surface area contributed by atoms with E-state index in [0.717, 1.165) is 32.6 Å². The molecule has 0 spiro atoms. The van der Waals surface area contributed by atoms with Crippen molar-refractivity contribution >= 4 is 48.9 Å². The molecule has 3 aromatic rings. The van der Waals surface area contributed by atoms with Crippen molar-refractivity contribution in [2.24, 2.45) is 0 Å². The SMILES string of the molecule is CN(Cc1cccc(Br)c1)c1ccc2scnc2c1N. The van der Waals surface area contributed by atoms with Gasteiger partial charge in [0.05, 0.1) is 21.6 Å². The van der Waals surface area contributed by atoms with Gasteiger partial charge in [-0.15, -0.1) is 11.3 Å². The molecule has 102 valence electrons. The van der Waals surface area contributed by atoms with E-state index in [1.165, 1.54) is 5.56 Å². The van der Waals surface area contributed by atoms with Gasteiger partial charge >= 0.3 is 0 Å². The maximum absolute atomic E-state index is 6.24. The zero-order valence-corrected chi connectivity index (χ0v) is 13.4. The van der Waals surface area contributed by atoms with E-state index in [0.29, 0.717) is 0 Å². The van der Waals surface area contributed by atoms with Crippen LogP contribution in [0, 0.1) is 0 Å². The summed E-state index contributed by atoms with van der Waals surface area (Å²) in [6.45, 7) is 0.805. The average molecular weight is 348 g/mol. The minimum Gasteiger partial charge on any atom is -0.395 e. The Hall–Kier alpha value is -1.59. The lowest BCUT2D eigenvalue weighted by atomic mass is 10.2. The summed E-state index contributed by atoms with van der Waals surface area (Å²) in [6.07, 6.45) is 0. The number of halogens is 1. The lowest BCUT2D eigenvalue weighted by Gasteiger charge is -2.21. The average Bonchev–Trinajstić information content (AvgIpc) is 2.88. The van der Waals surface area contributed by atoms with Gasteiger partial charge in [-0.3, -0.25) is 0 Å². The van der Waals surface area contributed by atoms with Gasteiger partial charge in [0, 0.05) is 18.1 Å². The number of nitrogen functional groups attached to an aromatic ring is 1. The quantitative estimate of drug-likeness (QED) is 0.719. The highest BCUT2D eigenvalue weighted by Gasteiger charge is 2.11. The standard InChI is InChI=1S/C15H14BrN3S/c1-19(8-10-3-2-4-11(16)7-10)12-5-6-13-15(14(12)17)18-9-20-13/h2-7,9H,8,17H2,1H3. The molecule has 0 amide bonds. The molecule has 3 rings (SSSR count). The topological polar surface area (TPSA) is 42.2 Å². The fourth-order valence-corrected chi connectivity index (χ4v) is 3.41. The minimum atomic E-state index is 0.751. The molecule has 0 unspecified atom stereocenters. The van der Waals surface area contributed by atoms with Crippen molar-refractivity contribution < 1.29 is 0 Å². The first-order valence-corrected chi connectivity index (χ1v) is 7.89. The van der Waals surface area contributed by atoms with Gasteiger partial charge in [-0.2, -0.15) is 0 Å². The molecule has 2 N–H and O–H groups in total. The van der Waals surface area contributed by atoms with Crippen molar-refractivity contribution in [3.8, 4) is 0 Å². The smallest absolute Gasteiger partial charge is 0.106 e. The number of thiazole rings is 1. The van der Waals surface area contributed by atoms with E-state index < -0.39 is 0 Å². The van der Waals surface area contributed by atoms with Gasteiger partial charge in [0.15, 0.2) is 0 Å². The van der Waals surface area contributed by atoms with E-state index in [1.807, 2.05) is 24.7 Å². The molecule has 2 aromatic carbocycles. The first-order valence-electron chi connectivity index (χ1n) is 6.22. The van der Waals surface area contributed by atoms with Gasteiger partial charge in [0.25, 0.3) is 0 Å². The Bertz CT molecular complexity index is 754. The molecule has 0 saturated carbocycles. The van der Waals surface area contributed by atoms with Crippen LogP contribution in [0.15, 0.2) is 46.4 Å². The highest BCUT2D eigenvalue weighted by atomic mass is 79.9. The number of fused-ring (bicyclic) bond motifs is 1. The normalized spacial score (nSPS) is 10.9. The second-order valence-electron chi connectivity index (χ2n) is 4.68. The van der Waals surface area contributed by atoms with Crippen molar-refractivity contribution in [1.29, 1.82) is 0 Å². The van der Waals surface area contributed by atoms with E-state index >= 15 is 0 Å². The molecule has 3 nitrogen and oxygen atoms in total. The van der Waals surface area contributed by atoms with Gasteiger partial charge in [0.1, 0.15) is 5.52 Å². The highest BCUT2D eigenvalue weighted by molar-refractivity contribution is 9.10. The number of anilines is 2. The Morgan fingerprint density at radius 3 is 2.95 bits per heavy atom. The summed E-state index contributed by atoms with van der Waals surface area (Å²) >= 11 is 5.11. The van der Waals surface area contributed by atoms with E-state index in [-0.39, 0.29) is 0 Å². The molecule has 0 aliphatic rings. The molecule has 1 heterocycles. The highest BCUT2D eigenvalue weighted by Crippen LogP contribution is 2.32. The van der Waals surface area contributed by atoms with Crippen LogP contribution < -0.4 is 10.6 Å². The van der Waals surface area contributed by atoms with Crippen LogP contribution in [-0.4, -0.2) is 12.0 Å². The van der Waals surface area contributed by atoms with Crippen LogP contribution >= 0.6 is 27.3 Å². The van der Waals surface area contributed by atoms with Crippen molar-refractivity contribution in [2.75, 3.05) is 17.7 Å². The van der Waals surface area contributed by atoms with Crippen molar-refractivity contribution in [1.82, 2.24) is 4.98 Å². The lowest BCUT2D eigenvalue weighted by Crippen LogP contribution is -2.17. The Labute approximate surface area is 130 Å². The predicted molar refractivity (Wildman–Crippen MR) is 90.3 cm³/mol. The lowest BCUT2D eigenvalue weighted by molar-refractivity contribution is 0.925. The first kappa shape index (κ1) is 13.4. The van der Waals surface area contributed by atoms with Crippen LogP contribution in [0.25, 0.3) is 10.2 Å². The third-order valence-electron chi connectivity index (χ3n) is 3.24. The summed E-state index contributed by atoms with van der Waals surface area (Å²) < 4.78 is 2.22. The van der Waals surface area contributed by atoms with E-state index in [1.54, 1.807) is 11.3 Å². The number of rotatable bonds is 3. The number of nitrogens with two attached hydrogens (primary N) is 1. The molecule has 0 atom stereocenters. The summed E-state index contributed by atoms with van der Waals surface area (Å²) in [5, 5.41) is 0. The van der Waals surface area contributed by atoms with Crippen LogP contribution in [0.4, 0.5) is 11.4 Å². The molecule has 0 fully saturated rings. The number of hydrogen-bond acceptors (Lipinski definition) is 4. The molecule has 1 aromatic heterocycles. The number of aromatic nitrogens is 1. The third kappa shape index (κ3) is 2.51. The molecule has 0 bridgehead atoms. The van der Waals surface area contributed by atoms with Crippen LogP contribution in [-0.2, 0) is 6.54 Å². The van der Waals surface area contributed by atoms with Crippen LogP contribution in [0.1, 0.15) is 5.56 Å². The number of benzene rings is 2. The third-order valence-corrected chi connectivity index (χ3v) is 4.53. The molecular weight excluding hydrogens is 334 g/mol. The molecule has 0 saturated heterocycles. The molecule has 5 heteroatoms. The fraction of sp³-hybridized carbons (Fsp3) is 0.133.